The van der Waals surface area contributed by atoms with E-state index in [0.29, 0.717) is 5.69 Å². The van der Waals surface area contributed by atoms with Gasteiger partial charge in [-0.3, -0.25) is 4.79 Å². The molecule has 0 radical (unpaired) electrons. The largest absolute Gasteiger partial charge is 0.379 e. The molecule has 106 valence electrons. The van der Waals surface area contributed by atoms with Crippen molar-refractivity contribution in [3.8, 4) is 0 Å². The molecule has 2 aromatic rings. The lowest BCUT2D eigenvalue weighted by Crippen LogP contribution is -2.14. The van der Waals surface area contributed by atoms with E-state index in [1.165, 1.54) is 24.8 Å². The lowest BCUT2D eigenvalue weighted by molar-refractivity contribution is 0.101. The zero-order valence-electron chi connectivity index (χ0n) is 11.4. The molecule has 0 unspecified atom stereocenters. The Morgan fingerprint density at radius 3 is 2.60 bits per heavy atom. The molecule has 1 amide bonds. The Balaban J connectivity index is 1.93. The summed E-state index contributed by atoms with van der Waals surface area (Å²) in [6.45, 7) is 2.18. The van der Waals surface area contributed by atoms with Gasteiger partial charge in [-0.15, -0.1) is 0 Å². The Morgan fingerprint density at radius 1 is 1.25 bits per heavy atom. The van der Waals surface area contributed by atoms with E-state index in [-0.39, 0.29) is 11.5 Å². The minimum atomic E-state index is -0.428. The number of aryl methyl sites for hydroxylation is 1. The summed E-state index contributed by atoms with van der Waals surface area (Å²) in [5.41, 5.74) is 7.41. The molecule has 0 bridgehead atoms. The molecule has 0 saturated heterocycles. The molecule has 20 heavy (non-hydrogen) atoms. The maximum absolute atomic E-state index is 11.8. The van der Waals surface area contributed by atoms with Crippen molar-refractivity contribution < 1.29 is 9.42 Å². The molecule has 0 aliphatic heterocycles. The summed E-state index contributed by atoms with van der Waals surface area (Å²) in [5, 5.41) is 9.52. The van der Waals surface area contributed by atoms with Crippen LogP contribution in [0.5, 0.6) is 0 Å². The third-order valence-electron chi connectivity index (χ3n) is 3.01. The SMILES string of the molecule is CCCCCc1ccc(NC(=O)c2nonc2N)cc1. The van der Waals surface area contributed by atoms with Gasteiger partial charge in [0, 0.05) is 5.69 Å². The second-order valence-electron chi connectivity index (χ2n) is 4.61. The van der Waals surface area contributed by atoms with Gasteiger partial charge < -0.3 is 11.1 Å². The van der Waals surface area contributed by atoms with Crippen molar-refractivity contribution in [2.24, 2.45) is 0 Å². The Morgan fingerprint density at radius 2 is 2.00 bits per heavy atom. The van der Waals surface area contributed by atoms with Gasteiger partial charge in [0.15, 0.2) is 0 Å². The van der Waals surface area contributed by atoms with Crippen LogP contribution in [0, 0.1) is 0 Å². The quantitative estimate of drug-likeness (QED) is 0.790. The number of hydrogen-bond donors (Lipinski definition) is 2. The molecule has 6 heteroatoms. The number of unbranched alkanes of at least 4 members (excludes halogenated alkanes) is 2. The molecule has 1 aromatic carbocycles. The van der Waals surface area contributed by atoms with Gasteiger partial charge in [0.05, 0.1) is 0 Å². The Bertz CT molecular complexity index is 563. The number of anilines is 2. The van der Waals surface area contributed by atoms with Crippen LogP contribution in [-0.4, -0.2) is 16.2 Å². The third-order valence-corrected chi connectivity index (χ3v) is 3.01. The van der Waals surface area contributed by atoms with Crippen molar-refractivity contribution in [1.29, 1.82) is 0 Å². The van der Waals surface area contributed by atoms with Crippen LogP contribution in [-0.2, 0) is 6.42 Å². The van der Waals surface area contributed by atoms with E-state index in [1.807, 2.05) is 24.3 Å². The van der Waals surface area contributed by atoms with Gasteiger partial charge in [0.1, 0.15) is 0 Å². The minimum absolute atomic E-state index is 0.00276. The van der Waals surface area contributed by atoms with Crippen molar-refractivity contribution in [2.75, 3.05) is 11.1 Å². The first-order valence-corrected chi connectivity index (χ1v) is 6.69. The van der Waals surface area contributed by atoms with E-state index >= 15 is 0 Å². The molecule has 0 aliphatic rings. The maximum Gasteiger partial charge on any atom is 0.281 e. The number of nitrogens with two attached hydrogens (primary N) is 1. The van der Waals surface area contributed by atoms with Crippen molar-refractivity contribution in [3.05, 3.63) is 35.5 Å². The number of nitrogens with zero attached hydrogens (tertiary/aromatic N) is 2. The summed E-state index contributed by atoms with van der Waals surface area (Å²) in [6.07, 6.45) is 4.68. The molecule has 0 fully saturated rings. The Labute approximate surface area is 117 Å². The number of aromatic nitrogens is 2. The molecule has 0 atom stereocenters. The van der Waals surface area contributed by atoms with Crippen LogP contribution in [0.3, 0.4) is 0 Å². The number of nitrogen functional groups attached to an aromatic ring is 1. The van der Waals surface area contributed by atoms with E-state index in [0.717, 1.165) is 6.42 Å². The lowest BCUT2D eigenvalue weighted by atomic mass is 10.1. The fourth-order valence-corrected chi connectivity index (χ4v) is 1.88. The van der Waals surface area contributed by atoms with E-state index in [1.54, 1.807) is 0 Å². The number of hydrogen-bond acceptors (Lipinski definition) is 5. The van der Waals surface area contributed by atoms with Gasteiger partial charge in [-0.1, -0.05) is 31.9 Å². The molecule has 0 saturated carbocycles. The number of carbonyl (C=O) groups is 1. The van der Waals surface area contributed by atoms with Gasteiger partial charge >= 0.3 is 0 Å². The number of amides is 1. The zero-order valence-corrected chi connectivity index (χ0v) is 11.4. The number of nitrogens with one attached hydrogen (secondary N) is 1. The Kier molecular flexibility index (Phi) is 4.70. The summed E-state index contributed by atoms with van der Waals surface area (Å²) in [7, 11) is 0. The van der Waals surface area contributed by atoms with Gasteiger partial charge in [-0.25, -0.2) is 4.63 Å². The Hall–Kier alpha value is -2.37. The predicted molar refractivity (Wildman–Crippen MR) is 76.3 cm³/mol. The molecule has 1 aromatic heterocycles. The molecular formula is C14H18N4O2. The molecule has 3 N–H and O–H groups in total. The average Bonchev–Trinajstić information content (AvgIpc) is 2.87. The van der Waals surface area contributed by atoms with Crippen LogP contribution in [0.1, 0.15) is 42.2 Å². The van der Waals surface area contributed by atoms with Gasteiger partial charge in [-0.2, -0.15) is 0 Å². The van der Waals surface area contributed by atoms with Gasteiger partial charge in [-0.05, 0) is 40.9 Å². The van der Waals surface area contributed by atoms with Gasteiger partial charge in [0.25, 0.3) is 5.91 Å². The highest BCUT2D eigenvalue weighted by Crippen LogP contribution is 2.14. The van der Waals surface area contributed by atoms with Crippen LogP contribution in [0.25, 0.3) is 0 Å². The van der Waals surface area contributed by atoms with Crippen molar-refractivity contribution in [2.45, 2.75) is 32.6 Å². The van der Waals surface area contributed by atoms with Crippen LogP contribution in [0.15, 0.2) is 28.9 Å². The summed E-state index contributed by atoms with van der Waals surface area (Å²) >= 11 is 0. The molecule has 0 spiro atoms. The third kappa shape index (κ3) is 3.57. The van der Waals surface area contributed by atoms with Crippen LogP contribution < -0.4 is 11.1 Å². The monoisotopic (exact) mass is 274 g/mol. The first kappa shape index (κ1) is 14.0. The highest BCUT2D eigenvalue weighted by molar-refractivity contribution is 6.05. The predicted octanol–water partition coefficient (Wildman–Crippen LogP) is 2.64. The fourth-order valence-electron chi connectivity index (χ4n) is 1.88. The smallest absolute Gasteiger partial charge is 0.281 e. The molecule has 1 heterocycles. The van der Waals surface area contributed by atoms with Crippen LogP contribution >= 0.6 is 0 Å². The molecule has 6 nitrogen and oxygen atoms in total. The topological polar surface area (TPSA) is 94.0 Å². The first-order valence-electron chi connectivity index (χ1n) is 6.69. The van der Waals surface area contributed by atoms with Gasteiger partial charge in [0.2, 0.25) is 11.5 Å². The molecule has 0 aliphatic carbocycles. The lowest BCUT2D eigenvalue weighted by Gasteiger charge is -2.05. The highest BCUT2D eigenvalue weighted by atomic mass is 16.6. The highest BCUT2D eigenvalue weighted by Gasteiger charge is 2.15. The van der Waals surface area contributed by atoms with Crippen molar-refractivity contribution in [1.82, 2.24) is 10.3 Å². The maximum atomic E-state index is 11.8. The van der Waals surface area contributed by atoms with Crippen LogP contribution in [0.4, 0.5) is 11.5 Å². The normalized spacial score (nSPS) is 10.4. The molecule has 2 rings (SSSR count). The van der Waals surface area contributed by atoms with Crippen molar-refractivity contribution >= 4 is 17.4 Å². The summed E-state index contributed by atoms with van der Waals surface area (Å²) in [5.74, 6) is -0.443. The fraction of sp³-hybridized carbons (Fsp3) is 0.357. The first-order chi connectivity index (χ1) is 9.70. The zero-order chi connectivity index (χ0) is 14.4. The number of rotatable bonds is 6. The van der Waals surface area contributed by atoms with E-state index in [2.05, 4.69) is 27.2 Å². The van der Waals surface area contributed by atoms with E-state index in [9.17, 15) is 4.79 Å². The second kappa shape index (κ2) is 6.70. The summed E-state index contributed by atoms with van der Waals surface area (Å²) in [6, 6.07) is 7.75. The molecular weight excluding hydrogens is 256 g/mol. The van der Waals surface area contributed by atoms with Crippen LogP contribution in [0.2, 0.25) is 0 Å². The van der Waals surface area contributed by atoms with E-state index < -0.39 is 5.91 Å². The summed E-state index contributed by atoms with van der Waals surface area (Å²) in [4.78, 5) is 11.8. The standard InChI is InChI=1S/C14H18N4O2/c1-2-3-4-5-10-6-8-11(9-7-10)16-14(19)12-13(15)18-20-17-12/h6-9H,2-5H2,1H3,(H2,15,18)(H,16,19). The van der Waals surface area contributed by atoms with E-state index in [4.69, 9.17) is 5.73 Å². The summed E-state index contributed by atoms with van der Waals surface area (Å²) < 4.78 is 4.39. The number of carbonyl (C=O) groups excluding carboxylic acids is 1. The number of benzene rings is 1. The average molecular weight is 274 g/mol. The minimum Gasteiger partial charge on any atom is -0.379 e. The second-order valence-corrected chi connectivity index (χ2v) is 4.61. The van der Waals surface area contributed by atoms with Crippen molar-refractivity contribution in [3.63, 3.8) is 0 Å².